The first-order valence-corrected chi connectivity index (χ1v) is 8.96. The Morgan fingerprint density at radius 3 is 2.85 bits per heavy atom. The summed E-state index contributed by atoms with van der Waals surface area (Å²) >= 11 is 0. The zero-order valence-electron chi connectivity index (χ0n) is 15.5. The van der Waals surface area contributed by atoms with E-state index in [-0.39, 0.29) is 17.9 Å². The van der Waals surface area contributed by atoms with Gasteiger partial charge in [-0.1, -0.05) is 6.07 Å². The lowest BCUT2D eigenvalue weighted by Crippen LogP contribution is -2.32. The van der Waals surface area contributed by atoms with Crippen molar-refractivity contribution in [1.29, 1.82) is 0 Å². The van der Waals surface area contributed by atoms with Crippen molar-refractivity contribution in [2.24, 2.45) is 0 Å². The molecule has 2 aromatic heterocycles. The Balaban J connectivity index is 1.74. The first-order valence-electron chi connectivity index (χ1n) is 8.96. The third-order valence-corrected chi connectivity index (χ3v) is 4.87. The highest BCUT2D eigenvalue weighted by Gasteiger charge is 2.31. The minimum absolute atomic E-state index is 0.00714. The molecule has 7 nitrogen and oxygen atoms in total. The van der Waals surface area contributed by atoms with Gasteiger partial charge >= 0.3 is 0 Å². The van der Waals surface area contributed by atoms with Crippen molar-refractivity contribution in [3.05, 3.63) is 46.5 Å². The van der Waals surface area contributed by atoms with Crippen LogP contribution in [-0.4, -0.2) is 38.4 Å². The van der Waals surface area contributed by atoms with Crippen molar-refractivity contribution in [3.8, 4) is 0 Å². The van der Waals surface area contributed by atoms with Gasteiger partial charge in [0.2, 0.25) is 11.8 Å². The van der Waals surface area contributed by atoms with E-state index in [0.29, 0.717) is 13.0 Å². The number of hydrogen-bond acceptors (Lipinski definition) is 4. The maximum absolute atomic E-state index is 12.9. The molecule has 2 N–H and O–H groups in total. The first-order chi connectivity index (χ1) is 12.5. The Morgan fingerprint density at radius 2 is 2.15 bits per heavy atom. The quantitative estimate of drug-likeness (QED) is 0.858. The van der Waals surface area contributed by atoms with Crippen molar-refractivity contribution in [2.45, 2.75) is 52.6 Å². The fourth-order valence-electron chi connectivity index (χ4n) is 3.46. The normalized spacial score (nSPS) is 16.7. The van der Waals surface area contributed by atoms with Crippen molar-refractivity contribution in [1.82, 2.24) is 25.4 Å². The summed E-state index contributed by atoms with van der Waals surface area (Å²) in [7, 11) is 0. The van der Waals surface area contributed by atoms with Gasteiger partial charge in [-0.25, -0.2) is 0 Å². The third-order valence-electron chi connectivity index (χ3n) is 4.87. The van der Waals surface area contributed by atoms with Gasteiger partial charge in [0.15, 0.2) is 0 Å². The molecule has 138 valence electrons. The average molecular weight is 355 g/mol. The molecule has 0 saturated carbocycles. The first kappa shape index (κ1) is 18.1. The second-order valence-corrected chi connectivity index (χ2v) is 6.80. The summed E-state index contributed by atoms with van der Waals surface area (Å²) in [5.41, 5.74) is 4.50. The maximum atomic E-state index is 12.9. The molecule has 1 aliphatic rings. The van der Waals surface area contributed by atoms with Crippen LogP contribution in [0, 0.1) is 13.8 Å². The Bertz CT molecular complexity index is 795. The molecular formula is C19H25N5O2. The topological polar surface area (TPSA) is 91.0 Å². The minimum Gasteiger partial charge on any atom is -0.351 e. The molecule has 1 saturated heterocycles. The van der Waals surface area contributed by atoms with Crippen molar-refractivity contribution in [2.75, 3.05) is 6.54 Å². The van der Waals surface area contributed by atoms with Gasteiger partial charge in [-0.05, 0) is 38.8 Å². The van der Waals surface area contributed by atoms with Crippen LogP contribution >= 0.6 is 0 Å². The zero-order valence-corrected chi connectivity index (χ0v) is 15.5. The second kappa shape index (κ2) is 7.68. The fraction of sp³-hybridized carbons (Fsp3) is 0.474. The summed E-state index contributed by atoms with van der Waals surface area (Å²) in [6.45, 7) is 6.49. The van der Waals surface area contributed by atoms with Gasteiger partial charge in [0.1, 0.15) is 0 Å². The number of carbonyl (C=O) groups excluding carboxylic acids is 2. The van der Waals surface area contributed by atoms with E-state index in [0.717, 1.165) is 47.7 Å². The van der Waals surface area contributed by atoms with Gasteiger partial charge in [-0.15, -0.1) is 0 Å². The third kappa shape index (κ3) is 3.92. The molecule has 3 rings (SSSR count). The van der Waals surface area contributed by atoms with Crippen LogP contribution in [0.2, 0.25) is 0 Å². The van der Waals surface area contributed by atoms with Crippen LogP contribution in [0.3, 0.4) is 0 Å². The highest BCUT2D eigenvalue weighted by molar-refractivity contribution is 5.80. The molecule has 2 amide bonds. The van der Waals surface area contributed by atoms with Gasteiger partial charge in [0, 0.05) is 24.7 Å². The number of carbonyl (C=O) groups is 2. The summed E-state index contributed by atoms with van der Waals surface area (Å²) in [4.78, 5) is 30.6. The van der Waals surface area contributed by atoms with Gasteiger partial charge in [-0.3, -0.25) is 19.7 Å². The molecule has 0 radical (unpaired) electrons. The highest BCUT2D eigenvalue weighted by Crippen LogP contribution is 2.31. The Kier molecular flexibility index (Phi) is 5.35. The molecule has 0 aromatic carbocycles. The molecule has 7 heteroatoms. The maximum Gasteiger partial charge on any atom is 0.227 e. The van der Waals surface area contributed by atoms with Gasteiger partial charge in [-0.2, -0.15) is 5.10 Å². The van der Waals surface area contributed by atoms with E-state index in [4.69, 9.17) is 0 Å². The number of nitrogens with one attached hydrogen (secondary N) is 2. The minimum atomic E-state index is -0.0827. The molecular weight excluding hydrogens is 330 g/mol. The van der Waals surface area contributed by atoms with Crippen LogP contribution in [0.25, 0.3) is 0 Å². The lowest BCUT2D eigenvalue weighted by molar-refractivity contribution is -0.131. The number of H-pyrrole nitrogens is 1. The number of rotatable bonds is 5. The Labute approximate surface area is 153 Å². The highest BCUT2D eigenvalue weighted by atomic mass is 16.2. The molecule has 1 fully saturated rings. The molecule has 1 atom stereocenters. The summed E-state index contributed by atoms with van der Waals surface area (Å²) in [6.07, 6.45) is 2.24. The van der Waals surface area contributed by atoms with E-state index in [1.54, 1.807) is 0 Å². The molecule has 3 heterocycles. The molecule has 1 aliphatic heterocycles. The smallest absolute Gasteiger partial charge is 0.227 e. The SMILES string of the molecule is CC(=O)NCc1cccc(C2CCCN2C(=O)Cc2c(C)n[nH]c2C)n1. The van der Waals surface area contributed by atoms with E-state index in [9.17, 15) is 9.59 Å². The molecule has 0 aliphatic carbocycles. The fourth-order valence-corrected chi connectivity index (χ4v) is 3.46. The number of aryl methyl sites for hydroxylation is 2. The standard InChI is InChI=1S/C19H25N5O2/c1-12-16(13(2)23-22-12)10-19(26)24-9-5-8-18(24)17-7-4-6-15(21-17)11-20-14(3)25/h4,6-7,18H,5,8-11H2,1-3H3,(H,20,25)(H,22,23). The van der Waals surface area contributed by atoms with Crippen LogP contribution in [0.5, 0.6) is 0 Å². The van der Waals surface area contributed by atoms with E-state index in [1.807, 2.05) is 36.9 Å². The molecule has 1 unspecified atom stereocenters. The van der Waals surface area contributed by atoms with Crippen molar-refractivity contribution in [3.63, 3.8) is 0 Å². The number of aromatic amines is 1. The van der Waals surface area contributed by atoms with Crippen molar-refractivity contribution >= 4 is 11.8 Å². The molecule has 0 spiro atoms. The van der Waals surface area contributed by atoms with Crippen LogP contribution in [0.1, 0.15) is 54.1 Å². The summed E-state index contributed by atoms with van der Waals surface area (Å²) in [5.74, 6) is 0.0230. The predicted octanol–water partition coefficient (Wildman–Crippen LogP) is 1.96. The molecule has 0 bridgehead atoms. The predicted molar refractivity (Wildman–Crippen MR) is 97.2 cm³/mol. The number of nitrogens with zero attached hydrogens (tertiary/aromatic N) is 3. The van der Waals surface area contributed by atoms with E-state index in [2.05, 4.69) is 20.5 Å². The van der Waals surface area contributed by atoms with Crippen molar-refractivity contribution < 1.29 is 9.59 Å². The lowest BCUT2D eigenvalue weighted by atomic mass is 10.1. The average Bonchev–Trinajstić information content (AvgIpc) is 3.22. The molecule has 2 aromatic rings. The van der Waals surface area contributed by atoms with Gasteiger partial charge in [0.05, 0.1) is 36.1 Å². The number of amides is 2. The van der Waals surface area contributed by atoms with Crippen LogP contribution in [0.15, 0.2) is 18.2 Å². The zero-order chi connectivity index (χ0) is 18.7. The Hall–Kier alpha value is -2.70. The van der Waals surface area contributed by atoms with E-state index >= 15 is 0 Å². The van der Waals surface area contributed by atoms with Gasteiger partial charge < -0.3 is 10.2 Å². The van der Waals surface area contributed by atoms with Crippen LogP contribution in [0.4, 0.5) is 0 Å². The molecule has 26 heavy (non-hydrogen) atoms. The number of hydrogen-bond donors (Lipinski definition) is 2. The monoisotopic (exact) mass is 355 g/mol. The van der Waals surface area contributed by atoms with Crippen LogP contribution in [-0.2, 0) is 22.6 Å². The van der Waals surface area contributed by atoms with E-state index < -0.39 is 0 Å². The van der Waals surface area contributed by atoms with Crippen LogP contribution < -0.4 is 5.32 Å². The lowest BCUT2D eigenvalue weighted by Gasteiger charge is -2.25. The Morgan fingerprint density at radius 1 is 1.35 bits per heavy atom. The summed E-state index contributed by atoms with van der Waals surface area (Å²) < 4.78 is 0. The van der Waals surface area contributed by atoms with E-state index in [1.165, 1.54) is 6.92 Å². The largest absolute Gasteiger partial charge is 0.351 e. The number of pyridine rings is 1. The number of aromatic nitrogens is 3. The second-order valence-electron chi connectivity index (χ2n) is 6.80. The number of likely N-dealkylation sites (tertiary alicyclic amines) is 1. The summed E-state index contributed by atoms with van der Waals surface area (Å²) in [5, 5.41) is 9.88. The summed E-state index contributed by atoms with van der Waals surface area (Å²) in [6, 6.07) is 5.78. The van der Waals surface area contributed by atoms with Gasteiger partial charge in [0.25, 0.3) is 0 Å².